The molecule has 0 unspecified atom stereocenters. The molecule has 0 atom stereocenters. The van der Waals surface area contributed by atoms with Crippen LogP contribution in [0.5, 0.6) is 0 Å². The molecule has 2 aromatic rings. The fourth-order valence-electron chi connectivity index (χ4n) is 3.36. The molecule has 2 N–H and O–H groups in total. The Kier molecular flexibility index (Phi) is 10.2. The first kappa shape index (κ1) is 24.2. The predicted octanol–water partition coefficient (Wildman–Crippen LogP) is 4.44. The lowest BCUT2D eigenvalue weighted by Gasteiger charge is -2.31. The molecular formula is C23H28ClIN4O. The number of hydrogen-bond acceptors (Lipinski definition) is 2. The van der Waals surface area contributed by atoms with Crippen molar-refractivity contribution in [3.63, 3.8) is 0 Å². The molecule has 1 saturated heterocycles. The van der Waals surface area contributed by atoms with Gasteiger partial charge in [-0.3, -0.25) is 9.79 Å². The van der Waals surface area contributed by atoms with Crippen LogP contribution in [0.1, 0.15) is 28.8 Å². The van der Waals surface area contributed by atoms with Gasteiger partial charge in [-0.2, -0.15) is 0 Å². The van der Waals surface area contributed by atoms with Gasteiger partial charge in [0.25, 0.3) is 5.91 Å². The summed E-state index contributed by atoms with van der Waals surface area (Å²) >= 11 is 6.06. The van der Waals surface area contributed by atoms with Gasteiger partial charge in [-0.25, -0.2) is 0 Å². The van der Waals surface area contributed by atoms with Crippen LogP contribution >= 0.6 is 35.6 Å². The second-order valence-electron chi connectivity index (χ2n) is 6.91. The second-order valence-corrected chi connectivity index (χ2v) is 7.32. The fraction of sp³-hybridized carbons (Fsp3) is 0.304. The van der Waals surface area contributed by atoms with Crippen LogP contribution < -0.4 is 10.6 Å². The van der Waals surface area contributed by atoms with E-state index < -0.39 is 0 Å². The largest absolute Gasteiger partial charge is 0.354 e. The molecule has 0 radical (unpaired) electrons. The molecule has 7 heteroatoms. The van der Waals surface area contributed by atoms with E-state index in [2.05, 4.69) is 50.9 Å². The van der Waals surface area contributed by atoms with Crippen LogP contribution in [0, 0.1) is 0 Å². The van der Waals surface area contributed by atoms with E-state index in [4.69, 9.17) is 11.6 Å². The number of guanidine groups is 1. The third kappa shape index (κ3) is 7.02. The van der Waals surface area contributed by atoms with Gasteiger partial charge in [-0.05, 0) is 30.5 Å². The van der Waals surface area contributed by atoms with Gasteiger partial charge in [-0.15, -0.1) is 24.0 Å². The number of hydrogen-bond donors (Lipinski definition) is 2. The summed E-state index contributed by atoms with van der Waals surface area (Å²) in [6.45, 7) is 2.97. The lowest BCUT2D eigenvalue weighted by atomic mass is 10.0. The number of piperidine rings is 1. The summed E-state index contributed by atoms with van der Waals surface area (Å²) in [5, 5.41) is 6.68. The highest BCUT2D eigenvalue weighted by Crippen LogP contribution is 2.19. The molecule has 30 heavy (non-hydrogen) atoms. The van der Waals surface area contributed by atoms with E-state index in [1.807, 2.05) is 12.1 Å². The van der Waals surface area contributed by atoms with Crippen molar-refractivity contribution in [3.05, 3.63) is 76.3 Å². The number of nitrogens with zero attached hydrogens (tertiary/aromatic N) is 2. The van der Waals surface area contributed by atoms with Gasteiger partial charge in [0.2, 0.25) is 0 Å². The molecule has 1 amide bonds. The van der Waals surface area contributed by atoms with E-state index in [9.17, 15) is 4.79 Å². The number of amides is 1. The molecule has 0 spiro atoms. The van der Waals surface area contributed by atoms with Crippen LogP contribution in [0.2, 0.25) is 5.02 Å². The van der Waals surface area contributed by atoms with Gasteiger partial charge in [-0.1, -0.05) is 65.7 Å². The lowest BCUT2D eigenvalue weighted by Crippen LogP contribution is -2.46. The van der Waals surface area contributed by atoms with Crippen LogP contribution in [-0.2, 0) is 0 Å². The number of carbonyl (C=O) groups excluding carboxylic acids is 1. The SMILES string of the molecule is CN=C(NCCNC(=O)c1ccccc1Cl)N1CCC(=Cc2ccccc2)CC1.I. The van der Waals surface area contributed by atoms with Crippen molar-refractivity contribution in [2.45, 2.75) is 12.8 Å². The highest BCUT2D eigenvalue weighted by atomic mass is 127. The van der Waals surface area contributed by atoms with E-state index in [0.29, 0.717) is 23.7 Å². The molecule has 2 aromatic carbocycles. The van der Waals surface area contributed by atoms with Gasteiger partial charge >= 0.3 is 0 Å². The molecule has 5 nitrogen and oxygen atoms in total. The Hall–Kier alpha value is -2.06. The molecule has 1 aliphatic rings. The summed E-state index contributed by atoms with van der Waals surface area (Å²) in [4.78, 5) is 18.8. The maximum atomic E-state index is 12.2. The number of aliphatic imine (C=N–C) groups is 1. The topological polar surface area (TPSA) is 56.7 Å². The van der Waals surface area contributed by atoms with E-state index in [0.717, 1.165) is 31.9 Å². The monoisotopic (exact) mass is 538 g/mol. The van der Waals surface area contributed by atoms with Crippen molar-refractivity contribution in [2.24, 2.45) is 4.99 Å². The highest BCUT2D eigenvalue weighted by Gasteiger charge is 2.17. The van der Waals surface area contributed by atoms with E-state index in [1.165, 1.54) is 11.1 Å². The summed E-state index contributed by atoms with van der Waals surface area (Å²) in [6, 6.07) is 17.5. The first-order valence-corrected chi connectivity index (χ1v) is 10.3. The molecule has 3 rings (SSSR count). The standard InChI is InChI=1S/C23H27ClN4O.HI/c1-25-23(27-14-13-26-22(29)20-9-5-6-10-21(20)24)28-15-11-19(12-16-28)17-18-7-3-2-4-8-18;/h2-10,17H,11-16H2,1H3,(H,25,27)(H,26,29);1H. The Morgan fingerprint density at radius 1 is 1.03 bits per heavy atom. The van der Waals surface area contributed by atoms with Crippen LogP contribution in [-0.4, -0.2) is 50.0 Å². The maximum absolute atomic E-state index is 12.2. The normalized spacial score (nSPS) is 14.0. The minimum absolute atomic E-state index is 0. The molecule has 0 bridgehead atoms. The third-order valence-corrected chi connectivity index (χ3v) is 5.23. The zero-order valence-corrected chi connectivity index (χ0v) is 20.2. The summed E-state index contributed by atoms with van der Waals surface area (Å²) in [5.41, 5.74) is 3.22. The predicted molar refractivity (Wildman–Crippen MR) is 136 cm³/mol. The Morgan fingerprint density at radius 3 is 2.33 bits per heavy atom. The number of nitrogens with one attached hydrogen (secondary N) is 2. The molecule has 1 heterocycles. The zero-order valence-electron chi connectivity index (χ0n) is 17.1. The summed E-state index contributed by atoms with van der Waals surface area (Å²) in [5.74, 6) is 0.705. The van der Waals surface area contributed by atoms with Gasteiger partial charge in [0, 0.05) is 33.2 Å². The lowest BCUT2D eigenvalue weighted by molar-refractivity contribution is 0.0954. The molecule has 0 aromatic heterocycles. The van der Waals surface area contributed by atoms with Crippen molar-refractivity contribution >= 4 is 53.5 Å². The van der Waals surface area contributed by atoms with E-state index in [-0.39, 0.29) is 29.9 Å². The molecule has 160 valence electrons. The van der Waals surface area contributed by atoms with Crippen LogP contribution in [0.15, 0.2) is 65.2 Å². The van der Waals surface area contributed by atoms with E-state index >= 15 is 0 Å². The van der Waals surface area contributed by atoms with Crippen molar-refractivity contribution in [1.82, 2.24) is 15.5 Å². The molecular weight excluding hydrogens is 511 g/mol. The third-order valence-electron chi connectivity index (χ3n) is 4.90. The Labute approximate surface area is 200 Å². The Balaban J connectivity index is 0.00000320. The van der Waals surface area contributed by atoms with Gasteiger partial charge in [0.1, 0.15) is 0 Å². The summed E-state index contributed by atoms with van der Waals surface area (Å²) in [7, 11) is 1.79. The molecule has 0 aliphatic carbocycles. The summed E-state index contributed by atoms with van der Waals surface area (Å²) < 4.78 is 0. The minimum Gasteiger partial charge on any atom is -0.354 e. The zero-order chi connectivity index (χ0) is 20.5. The quantitative estimate of drug-likeness (QED) is 0.256. The van der Waals surface area contributed by atoms with Crippen LogP contribution in [0.3, 0.4) is 0 Å². The van der Waals surface area contributed by atoms with Crippen molar-refractivity contribution < 1.29 is 4.79 Å². The van der Waals surface area contributed by atoms with Crippen molar-refractivity contribution in [1.29, 1.82) is 0 Å². The first-order chi connectivity index (χ1) is 14.2. The Bertz CT molecular complexity index is 876. The van der Waals surface area contributed by atoms with Gasteiger partial charge < -0.3 is 15.5 Å². The van der Waals surface area contributed by atoms with Crippen LogP contribution in [0.4, 0.5) is 0 Å². The first-order valence-electron chi connectivity index (χ1n) is 9.90. The highest BCUT2D eigenvalue weighted by molar-refractivity contribution is 14.0. The van der Waals surface area contributed by atoms with Crippen LogP contribution in [0.25, 0.3) is 6.08 Å². The van der Waals surface area contributed by atoms with E-state index in [1.54, 1.807) is 25.2 Å². The average Bonchev–Trinajstić information content (AvgIpc) is 2.75. The number of rotatable bonds is 5. The average molecular weight is 539 g/mol. The molecule has 1 fully saturated rings. The number of halogens is 2. The van der Waals surface area contributed by atoms with Gasteiger partial charge in [0.05, 0.1) is 10.6 Å². The maximum Gasteiger partial charge on any atom is 0.252 e. The molecule has 0 saturated carbocycles. The summed E-state index contributed by atoms with van der Waals surface area (Å²) in [6.07, 6.45) is 4.34. The second kappa shape index (κ2) is 12.6. The van der Waals surface area contributed by atoms with Gasteiger partial charge in [0.15, 0.2) is 5.96 Å². The van der Waals surface area contributed by atoms with Crippen molar-refractivity contribution in [2.75, 3.05) is 33.2 Å². The Morgan fingerprint density at radius 2 is 1.67 bits per heavy atom. The minimum atomic E-state index is -0.166. The fourth-order valence-corrected chi connectivity index (χ4v) is 3.58. The number of likely N-dealkylation sites (tertiary alicyclic amines) is 1. The number of carbonyl (C=O) groups is 1. The van der Waals surface area contributed by atoms with Crippen molar-refractivity contribution in [3.8, 4) is 0 Å². The number of benzene rings is 2. The smallest absolute Gasteiger partial charge is 0.252 e. The molecule has 1 aliphatic heterocycles.